The molecule has 0 radical (unpaired) electrons. The molecule has 0 spiro atoms. The van der Waals surface area contributed by atoms with Gasteiger partial charge in [-0.25, -0.2) is 0 Å². The van der Waals surface area contributed by atoms with Crippen molar-refractivity contribution in [2.45, 2.75) is 103 Å². The molecule has 47 heavy (non-hydrogen) atoms. The quantitative estimate of drug-likeness (QED) is 0.255. The van der Waals surface area contributed by atoms with E-state index in [0.29, 0.717) is 46.9 Å². The predicted molar refractivity (Wildman–Crippen MR) is 181 cm³/mol. The molecule has 4 aliphatic rings. The predicted octanol–water partition coefficient (Wildman–Crippen LogP) is 6.72. The molecule has 1 aromatic carbocycles. The van der Waals surface area contributed by atoms with Crippen molar-refractivity contribution in [3.05, 3.63) is 45.3 Å². The van der Waals surface area contributed by atoms with Crippen LogP contribution in [0, 0.1) is 31.6 Å². The number of amides is 1. The van der Waals surface area contributed by atoms with Gasteiger partial charge < -0.3 is 24.1 Å². The zero-order valence-corrected chi connectivity index (χ0v) is 30.4. The number of methoxy groups -OCH3 is 1. The molecule has 2 aromatic rings. The van der Waals surface area contributed by atoms with Crippen molar-refractivity contribution in [2.24, 2.45) is 17.8 Å². The van der Waals surface area contributed by atoms with Gasteiger partial charge in [-0.15, -0.1) is 0 Å². The number of carbonyl (C=O) groups is 3. The summed E-state index contributed by atoms with van der Waals surface area (Å²) in [7, 11) is 2.62. The minimum Gasteiger partial charge on any atom is -0.507 e. The molecule has 2 fully saturated rings. The molecule has 254 valence electrons. The maximum absolute atomic E-state index is 15.4. The van der Waals surface area contributed by atoms with Crippen molar-refractivity contribution in [1.82, 2.24) is 10.1 Å². The summed E-state index contributed by atoms with van der Waals surface area (Å²) in [5.41, 5.74) is 1.49. The van der Waals surface area contributed by atoms with Gasteiger partial charge in [0, 0.05) is 40.3 Å². The summed E-state index contributed by atoms with van der Waals surface area (Å²) < 4.78 is 18.8. The van der Waals surface area contributed by atoms with Gasteiger partial charge in [-0.05, 0) is 83.2 Å². The first-order valence-electron chi connectivity index (χ1n) is 16.8. The fourth-order valence-corrected chi connectivity index (χ4v) is 9.70. The van der Waals surface area contributed by atoms with Gasteiger partial charge in [0.05, 0.1) is 24.4 Å². The summed E-state index contributed by atoms with van der Waals surface area (Å²) in [6.45, 7) is 13.9. The fourth-order valence-electron chi connectivity index (χ4n) is 8.25. The van der Waals surface area contributed by atoms with Crippen LogP contribution in [0.5, 0.6) is 5.75 Å². The van der Waals surface area contributed by atoms with Crippen LogP contribution in [-0.4, -0.2) is 67.8 Å². The van der Waals surface area contributed by atoms with Crippen molar-refractivity contribution in [3.8, 4) is 5.75 Å². The number of hydrogen-bond acceptors (Lipinski definition) is 9. The van der Waals surface area contributed by atoms with E-state index < -0.39 is 43.4 Å². The zero-order valence-electron chi connectivity index (χ0n) is 29.4. The molecular weight excluding hydrogens is 614 g/mol. The number of aliphatic hydroxyl groups is 1. The second-order valence-electron chi connectivity index (χ2n) is 15.8. The Morgan fingerprint density at radius 3 is 2.38 bits per heavy atom. The molecule has 6 rings (SSSR count). The number of Topliss-reactive ketones (excluding diaryl/α,β-unsaturated/α-hetero) is 2. The maximum Gasteiger partial charge on any atom is 0.227 e. The van der Waals surface area contributed by atoms with Crippen LogP contribution < -0.4 is 10.1 Å². The van der Waals surface area contributed by atoms with Gasteiger partial charge in [-0.3, -0.25) is 19.3 Å². The van der Waals surface area contributed by atoms with Crippen LogP contribution in [0.25, 0.3) is 5.76 Å². The van der Waals surface area contributed by atoms with E-state index in [2.05, 4.69) is 31.2 Å². The summed E-state index contributed by atoms with van der Waals surface area (Å²) >= 11 is 0. The molecule has 1 heterocycles. The molecule has 1 aromatic heterocycles. The Morgan fingerprint density at radius 2 is 1.79 bits per heavy atom. The molecule has 10 nitrogen and oxygen atoms in total. The number of aromatic nitrogens is 1. The Balaban J connectivity index is 1.56. The monoisotopic (exact) mass is 663 g/mol. The summed E-state index contributed by atoms with van der Waals surface area (Å²) in [5, 5.41) is 19.2. The standard InChI is InChI=1S/C36H49N3O7Si/c1-18-24(37-34(43)20-13-11-12-14-20)17-25(44-8)22-15-21-16-23-29(39(6)7)31-27(19(2)38-45-31)32(41)36(23,46-47(9,10)35(3,4)5)33(42)28(21)30(40)26(18)22/h17,20-21,23,29,40H,11-16H2,1-10H3,(H,37,43)/t21-,23-,29-,36+/m0/s1. The molecule has 0 aliphatic heterocycles. The van der Waals surface area contributed by atoms with Crippen LogP contribution in [0.15, 0.2) is 16.2 Å². The Labute approximate surface area is 278 Å². The highest BCUT2D eigenvalue weighted by Gasteiger charge is 2.68. The summed E-state index contributed by atoms with van der Waals surface area (Å²) in [5.74, 6) is -1.21. The normalized spacial score (nSPS) is 26.2. The third-order valence-corrected chi connectivity index (χ3v) is 16.2. The lowest BCUT2D eigenvalue weighted by atomic mass is 9.57. The molecule has 2 saturated carbocycles. The number of rotatable bonds is 6. The molecule has 2 N–H and O–H groups in total. The van der Waals surface area contributed by atoms with Crippen LogP contribution in [0.4, 0.5) is 5.69 Å². The molecule has 4 atom stereocenters. The van der Waals surface area contributed by atoms with Gasteiger partial charge in [0.25, 0.3) is 0 Å². The molecular formula is C36H49N3O7Si. The number of fused-ring (bicyclic) bond motifs is 4. The van der Waals surface area contributed by atoms with Gasteiger partial charge in [0.2, 0.25) is 17.5 Å². The number of nitrogens with zero attached hydrogens (tertiary/aromatic N) is 2. The van der Waals surface area contributed by atoms with Crippen molar-refractivity contribution < 1.29 is 33.2 Å². The van der Waals surface area contributed by atoms with E-state index in [4.69, 9.17) is 13.7 Å². The largest absolute Gasteiger partial charge is 0.507 e. The minimum absolute atomic E-state index is 0.0471. The Bertz CT molecular complexity index is 1690. The highest BCUT2D eigenvalue weighted by atomic mass is 28.4. The lowest BCUT2D eigenvalue weighted by Crippen LogP contribution is -2.68. The number of ketones is 2. The first kappa shape index (κ1) is 33.6. The number of aliphatic hydroxyl groups excluding tert-OH is 1. The summed E-state index contributed by atoms with van der Waals surface area (Å²) in [6.07, 6.45) is 4.59. The van der Waals surface area contributed by atoms with Crippen molar-refractivity contribution in [2.75, 3.05) is 26.5 Å². The number of aryl methyl sites for hydroxylation is 1. The van der Waals surface area contributed by atoms with Crippen LogP contribution in [-0.2, 0) is 20.4 Å². The van der Waals surface area contributed by atoms with E-state index in [9.17, 15) is 14.7 Å². The Hall–Kier alpha value is -3.28. The molecule has 4 aliphatic carbocycles. The Morgan fingerprint density at radius 1 is 1.13 bits per heavy atom. The lowest BCUT2D eigenvalue weighted by Gasteiger charge is -2.55. The number of benzene rings is 1. The fraction of sp³-hybridized carbons (Fsp3) is 0.611. The smallest absolute Gasteiger partial charge is 0.227 e. The second-order valence-corrected chi connectivity index (χ2v) is 20.5. The summed E-state index contributed by atoms with van der Waals surface area (Å²) in [6, 6.07) is 1.37. The molecule has 0 saturated heterocycles. The van der Waals surface area contributed by atoms with E-state index in [1.807, 2.05) is 45.1 Å². The van der Waals surface area contributed by atoms with E-state index in [1.54, 1.807) is 14.0 Å². The number of carbonyl (C=O) groups excluding carboxylic acids is 3. The van der Waals surface area contributed by atoms with E-state index >= 15 is 4.79 Å². The third-order valence-electron chi connectivity index (χ3n) is 11.7. The molecule has 11 heteroatoms. The van der Waals surface area contributed by atoms with Crippen molar-refractivity contribution in [1.29, 1.82) is 0 Å². The highest BCUT2D eigenvalue weighted by molar-refractivity contribution is 6.74. The Kier molecular flexibility index (Phi) is 8.16. The van der Waals surface area contributed by atoms with E-state index in [0.717, 1.165) is 31.2 Å². The number of hydrogen-bond donors (Lipinski definition) is 2. The van der Waals surface area contributed by atoms with Crippen LogP contribution in [0.2, 0.25) is 18.1 Å². The average molecular weight is 664 g/mol. The molecule has 1 amide bonds. The SMILES string of the molecule is COc1cc(NC(=O)C2CCCC2)c(C)c2c1C[C@H]1C[C@H]3[C@H](N(C)C)c4onc(C)c4C(=O)[C@@]3(O[Si](C)(C)C(C)(C)C)C(=O)C1=C2O. The van der Waals surface area contributed by atoms with Crippen molar-refractivity contribution >= 4 is 37.2 Å². The first-order chi connectivity index (χ1) is 22.0. The minimum atomic E-state index is -2.78. The van der Waals surface area contributed by atoms with Gasteiger partial charge in [-0.2, -0.15) is 0 Å². The van der Waals surface area contributed by atoms with Crippen LogP contribution in [0.3, 0.4) is 0 Å². The van der Waals surface area contributed by atoms with Gasteiger partial charge in [0.15, 0.2) is 19.7 Å². The molecule has 0 bridgehead atoms. The van der Waals surface area contributed by atoms with Crippen LogP contribution >= 0.6 is 0 Å². The van der Waals surface area contributed by atoms with Gasteiger partial charge >= 0.3 is 0 Å². The summed E-state index contributed by atoms with van der Waals surface area (Å²) in [4.78, 5) is 45.4. The number of anilines is 1. The van der Waals surface area contributed by atoms with E-state index in [-0.39, 0.29) is 33.8 Å². The average Bonchev–Trinajstić information content (AvgIpc) is 3.65. The van der Waals surface area contributed by atoms with Crippen LogP contribution in [0.1, 0.15) is 97.4 Å². The number of nitrogens with one attached hydrogen (secondary N) is 1. The van der Waals surface area contributed by atoms with Gasteiger partial charge in [0.1, 0.15) is 11.5 Å². The third kappa shape index (κ3) is 4.94. The van der Waals surface area contributed by atoms with Gasteiger partial charge in [-0.1, -0.05) is 38.8 Å². The molecule has 0 unspecified atom stereocenters. The zero-order chi connectivity index (χ0) is 34.4. The number of ether oxygens (including phenoxy) is 1. The first-order valence-corrected chi connectivity index (χ1v) is 19.7. The highest BCUT2D eigenvalue weighted by Crippen LogP contribution is 2.58. The topological polar surface area (TPSA) is 131 Å². The van der Waals surface area contributed by atoms with E-state index in [1.165, 1.54) is 0 Å². The van der Waals surface area contributed by atoms with Crippen molar-refractivity contribution in [3.63, 3.8) is 0 Å². The lowest BCUT2D eigenvalue weighted by molar-refractivity contribution is -0.140. The second kappa shape index (κ2) is 11.4. The maximum atomic E-state index is 15.4.